The van der Waals surface area contributed by atoms with Gasteiger partial charge in [0.05, 0.1) is 11.3 Å². The van der Waals surface area contributed by atoms with Crippen molar-refractivity contribution >= 4 is 23.0 Å². The van der Waals surface area contributed by atoms with Gasteiger partial charge in [-0.2, -0.15) is 13.2 Å². The second-order valence-electron chi connectivity index (χ2n) is 8.30. The Morgan fingerprint density at radius 3 is 2.51 bits per heavy atom. The minimum Gasteiger partial charge on any atom is -0.392 e. The molecule has 3 rings (SSSR count). The van der Waals surface area contributed by atoms with E-state index in [0.29, 0.717) is 23.6 Å². The van der Waals surface area contributed by atoms with Crippen LogP contribution in [0.4, 0.5) is 23.7 Å². The lowest BCUT2D eigenvalue weighted by Crippen LogP contribution is -2.36. The van der Waals surface area contributed by atoms with Gasteiger partial charge < -0.3 is 26.0 Å². The molecule has 1 aromatic carbocycles. The molecule has 186 valence electrons. The van der Waals surface area contributed by atoms with Crippen LogP contribution in [0.5, 0.6) is 0 Å². The Morgan fingerprint density at radius 1 is 1.23 bits per heavy atom. The lowest BCUT2D eigenvalue weighted by molar-refractivity contribution is -0.122. The molecule has 0 saturated heterocycles. The molecule has 1 aliphatic heterocycles. The number of nitrogens with zero attached hydrogens (tertiary/aromatic N) is 3. The molecular formula is C24H27F3N6O2. The Bertz CT molecular complexity index is 1140. The minimum absolute atomic E-state index is 0.349. The van der Waals surface area contributed by atoms with Crippen molar-refractivity contribution in [1.82, 2.24) is 25.5 Å². The van der Waals surface area contributed by atoms with E-state index >= 15 is 0 Å². The zero-order chi connectivity index (χ0) is 25.6. The van der Waals surface area contributed by atoms with Gasteiger partial charge in [-0.1, -0.05) is 18.2 Å². The van der Waals surface area contributed by atoms with Crippen LogP contribution in [0.3, 0.4) is 0 Å². The van der Waals surface area contributed by atoms with Crippen LogP contribution in [0.2, 0.25) is 0 Å². The van der Waals surface area contributed by atoms with Gasteiger partial charge in [0.2, 0.25) is 0 Å². The van der Waals surface area contributed by atoms with Crippen LogP contribution < -0.4 is 16.0 Å². The van der Waals surface area contributed by atoms with Crippen molar-refractivity contribution in [3.63, 3.8) is 0 Å². The molecule has 0 aliphatic carbocycles. The van der Waals surface area contributed by atoms with Gasteiger partial charge >= 0.3 is 12.2 Å². The van der Waals surface area contributed by atoms with Gasteiger partial charge in [0.15, 0.2) is 5.82 Å². The van der Waals surface area contributed by atoms with E-state index in [0.717, 1.165) is 16.8 Å². The van der Waals surface area contributed by atoms with Crippen molar-refractivity contribution in [1.29, 1.82) is 0 Å². The monoisotopic (exact) mass is 488 g/mol. The molecule has 11 heteroatoms. The maximum Gasteiger partial charge on any atom is 0.405 e. The summed E-state index contributed by atoms with van der Waals surface area (Å²) in [5, 5.41) is 17.3. The molecule has 0 unspecified atom stereocenters. The van der Waals surface area contributed by atoms with E-state index in [1.807, 2.05) is 29.3 Å². The summed E-state index contributed by atoms with van der Waals surface area (Å²) in [6.07, 6.45) is 6.16. The number of carbonyl (C=O) groups excluding carboxylic acids is 1. The fraction of sp³-hybridized carbons (Fsp3) is 0.292. The third-order valence-corrected chi connectivity index (χ3v) is 5.01. The summed E-state index contributed by atoms with van der Waals surface area (Å²) in [7, 11) is 1.75. The molecule has 2 amide bonds. The molecule has 2 aromatic rings. The van der Waals surface area contributed by atoms with Gasteiger partial charge in [-0.25, -0.2) is 14.8 Å². The molecule has 2 heterocycles. The average molecular weight is 489 g/mol. The molecule has 0 fully saturated rings. The standard InChI is InChI=1S/C24H27F3N6O2/c1-23(2,35)18-12-29-21(30-13-18)16-7-9-33(10-8-16)20(14-28-3)17-5-4-6-19(11-17)32-22(34)31-15-24(25,26)27/h4-9,11-14,28,35H,10,15H2,1-3H3,(H2,31,32,34)/b20-14-. The second kappa shape index (κ2) is 10.6. The number of nitrogens with one attached hydrogen (secondary N) is 3. The summed E-state index contributed by atoms with van der Waals surface area (Å²) in [5.41, 5.74) is 2.27. The zero-order valence-electron chi connectivity index (χ0n) is 19.5. The Morgan fingerprint density at radius 2 is 1.94 bits per heavy atom. The number of carbonyl (C=O) groups is 1. The lowest BCUT2D eigenvalue weighted by Gasteiger charge is -2.26. The van der Waals surface area contributed by atoms with E-state index in [1.165, 1.54) is 0 Å². The normalized spacial score (nSPS) is 14.4. The summed E-state index contributed by atoms with van der Waals surface area (Å²) in [6.45, 7) is 2.41. The first-order valence-corrected chi connectivity index (χ1v) is 10.8. The number of aliphatic hydroxyl groups is 1. The van der Waals surface area contributed by atoms with Crippen molar-refractivity contribution in [2.24, 2.45) is 0 Å². The second-order valence-corrected chi connectivity index (χ2v) is 8.30. The molecule has 8 nitrogen and oxygen atoms in total. The van der Waals surface area contributed by atoms with Gasteiger partial charge in [-0.15, -0.1) is 0 Å². The largest absolute Gasteiger partial charge is 0.405 e. The predicted molar refractivity (Wildman–Crippen MR) is 128 cm³/mol. The highest BCUT2D eigenvalue weighted by atomic mass is 19.4. The molecule has 1 aromatic heterocycles. The highest BCUT2D eigenvalue weighted by Gasteiger charge is 2.27. The number of aromatic nitrogens is 2. The maximum atomic E-state index is 12.3. The van der Waals surface area contributed by atoms with Crippen molar-refractivity contribution < 1.29 is 23.1 Å². The van der Waals surface area contributed by atoms with Crippen LogP contribution in [0.1, 0.15) is 30.8 Å². The summed E-state index contributed by atoms with van der Waals surface area (Å²) in [4.78, 5) is 22.5. The third kappa shape index (κ3) is 7.31. The van der Waals surface area contributed by atoms with Gasteiger partial charge in [-0.05, 0) is 32.1 Å². The Labute approximate surface area is 201 Å². The Hall–Kier alpha value is -3.86. The number of alkyl halides is 3. The molecule has 0 saturated carbocycles. The van der Waals surface area contributed by atoms with E-state index in [4.69, 9.17) is 0 Å². The quantitative estimate of drug-likeness (QED) is 0.473. The van der Waals surface area contributed by atoms with Crippen molar-refractivity contribution in [2.75, 3.05) is 25.5 Å². The van der Waals surface area contributed by atoms with Gasteiger partial charge in [0.25, 0.3) is 0 Å². The number of allylic oxidation sites excluding steroid dienone is 2. The number of rotatable bonds is 7. The average Bonchev–Trinajstić information content (AvgIpc) is 2.81. The number of halogens is 3. The Balaban J connectivity index is 1.72. The smallest absolute Gasteiger partial charge is 0.392 e. The summed E-state index contributed by atoms with van der Waals surface area (Å²) in [6, 6.07) is 5.84. The van der Waals surface area contributed by atoms with E-state index in [1.54, 1.807) is 63.0 Å². The zero-order valence-corrected chi connectivity index (χ0v) is 19.5. The summed E-state index contributed by atoms with van der Waals surface area (Å²) in [5.74, 6) is 0.532. The number of benzene rings is 1. The van der Waals surface area contributed by atoms with Crippen LogP contribution in [-0.4, -0.2) is 52.3 Å². The molecule has 0 bridgehead atoms. The SMILES string of the molecule is CN/C=C(/c1cccc(NC(=O)NCC(F)(F)F)c1)N1C=CC(c2ncc(C(C)(C)O)cn2)=CC1. The van der Waals surface area contributed by atoms with E-state index in [-0.39, 0.29) is 0 Å². The molecule has 0 radical (unpaired) electrons. The molecular weight excluding hydrogens is 461 g/mol. The third-order valence-electron chi connectivity index (χ3n) is 5.01. The van der Waals surface area contributed by atoms with Crippen LogP contribution in [-0.2, 0) is 5.60 Å². The first-order chi connectivity index (χ1) is 16.5. The van der Waals surface area contributed by atoms with E-state index < -0.39 is 24.4 Å². The van der Waals surface area contributed by atoms with Gasteiger partial charge in [-0.3, -0.25) is 0 Å². The van der Waals surface area contributed by atoms with Crippen LogP contribution in [0.15, 0.2) is 61.2 Å². The molecule has 0 spiro atoms. The van der Waals surface area contributed by atoms with Crippen molar-refractivity contribution in [3.05, 3.63) is 78.2 Å². The maximum absolute atomic E-state index is 12.3. The molecule has 0 atom stereocenters. The lowest BCUT2D eigenvalue weighted by atomic mass is 10.0. The summed E-state index contributed by atoms with van der Waals surface area (Å²) >= 11 is 0. The first kappa shape index (κ1) is 25.8. The number of anilines is 1. The molecule has 35 heavy (non-hydrogen) atoms. The number of urea groups is 1. The van der Waals surface area contributed by atoms with Crippen molar-refractivity contribution in [3.8, 4) is 0 Å². The van der Waals surface area contributed by atoms with E-state index in [2.05, 4.69) is 20.6 Å². The van der Waals surface area contributed by atoms with Crippen LogP contribution in [0.25, 0.3) is 11.3 Å². The van der Waals surface area contributed by atoms with E-state index in [9.17, 15) is 23.1 Å². The topological polar surface area (TPSA) is 102 Å². The summed E-state index contributed by atoms with van der Waals surface area (Å²) < 4.78 is 37.0. The highest BCUT2D eigenvalue weighted by Crippen LogP contribution is 2.27. The predicted octanol–water partition coefficient (Wildman–Crippen LogP) is 3.82. The van der Waals surface area contributed by atoms with Crippen molar-refractivity contribution in [2.45, 2.75) is 25.6 Å². The fourth-order valence-corrected chi connectivity index (χ4v) is 3.21. The van der Waals surface area contributed by atoms with Crippen LogP contribution in [0, 0.1) is 0 Å². The molecule has 4 N–H and O–H groups in total. The Kier molecular flexibility index (Phi) is 7.80. The highest BCUT2D eigenvalue weighted by molar-refractivity contribution is 5.90. The van der Waals surface area contributed by atoms with Gasteiger partial charge in [0.1, 0.15) is 6.54 Å². The number of hydrogen-bond donors (Lipinski definition) is 4. The van der Waals surface area contributed by atoms with Gasteiger partial charge in [0, 0.05) is 60.8 Å². The number of amides is 2. The first-order valence-electron chi connectivity index (χ1n) is 10.8. The molecule has 1 aliphatic rings. The van der Waals surface area contributed by atoms with Crippen LogP contribution >= 0.6 is 0 Å². The number of hydrogen-bond acceptors (Lipinski definition) is 6. The minimum atomic E-state index is -4.49. The fourth-order valence-electron chi connectivity index (χ4n) is 3.21.